The summed E-state index contributed by atoms with van der Waals surface area (Å²) < 4.78 is 148. The Bertz CT molecular complexity index is 3230. The number of imidazole rings is 2. The van der Waals surface area contributed by atoms with Crippen LogP contribution in [0, 0.1) is 0 Å². The zero-order chi connectivity index (χ0) is 62.4. The normalized spacial score (nSPS) is 33.9. The fourth-order valence-corrected chi connectivity index (χ4v) is 11.6. The topological polar surface area (TPSA) is 607 Å². The van der Waals surface area contributed by atoms with Crippen molar-refractivity contribution in [1.82, 2.24) is 39.0 Å². The monoisotopic (exact) mass is 1300 g/mol. The minimum atomic E-state index is -5.81. The van der Waals surface area contributed by atoms with Crippen molar-refractivity contribution in [3.63, 3.8) is 0 Å². The van der Waals surface area contributed by atoms with Crippen LogP contribution >= 0.6 is 31.3 Å². The molecule has 40 nitrogen and oxygen atoms in total. The number of hydrogen-bond donors (Lipinski definition) is 10. The van der Waals surface area contributed by atoms with Crippen LogP contribution in [0.5, 0.6) is 0 Å². The van der Waals surface area contributed by atoms with E-state index in [-0.39, 0.29) is 152 Å². The van der Waals surface area contributed by atoms with Crippen LogP contribution < -0.4 is 149 Å². The van der Waals surface area contributed by atoms with Gasteiger partial charge in [0.1, 0.15) is 84.7 Å². The Labute approximate surface area is 556 Å². The number of nitrogen functional groups attached to an aromatic ring is 2. The Morgan fingerprint density at radius 1 is 0.524 bits per heavy atom. The molecular weight excluding hydrogens is 1240 g/mol. The van der Waals surface area contributed by atoms with Crippen molar-refractivity contribution in [3.8, 4) is 0 Å². The molecule has 20 atom stereocenters. The second-order valence-electron chi connectivity index (χ2n) is 16.2. The number of rotatable bonds is 20. The SMILES string of the molecule is [2H]C([2H])([2H])C(=O)O[C@@H]1[C@@H](COP(=O)([O-])OP(=O)([O-])OC[C@H]2O[C@@H](n3cnc4c(N)ncnc43)[C@H](O)[C@@H]2O)OC(O)[C@@H]1O.[2H]C([2H])([2H])C(=O)O[C@H]1C(O)O[C@H](COP(=O)([O-])OP(=O)([O-])OC[C@H]2O[C@@H](n3cnc4c(N)ncnc43)[C@H](O)[C@@H]2O)[C@H]1O.[Na+].[Na+].[Na+].[Na+]. The van der Waals surface area contributed by atoms with Gasteiger partial charge < -0.3 is 118 Å². The largest absolute Gasteiger partial charge is 1.00 e. The number of aliphatic hydroxyl groups is 8. The van der Waals surface area contributed by atoms with E-state index in [2.05, 4.69) is 66.1 Å². The first-order valence-corrected chi connectivity index (χ1v) is 27.2. The Kier molecular flexibility index (Phi) is 25.3. The maximum Gasteiger partial charge on any atom is 1.00 e. The Morgan fingerprint density at radius 3 is 1.27 bits per heavy atom. The van der Waals surface area contributed by atoms with Crippen LogP contribution in [0.1, 0.15) is 34.4 Å². The van der Waals surface area contributed by atoms with Crippen molar-refractivity contribution < 1.29 is 270 Å². The van der Waals surface area contributed by atoms with Gasteiger partial charge in [0.05, 0.1) is 39.1 Å². The van der Waals surface area contributed by atoms with Gasteiger partial charge in [0, 0.05) is 21.9 Å². The number of phosphoric acid groups is 4. The third-order valence-corrected chi connectivity index (χ3v) is 16.2. The Morgan fingerprint density at radius 2 is 0.878 bits per heavy atom. The van der Waals surface area contributed by atoms with E-state index in [0.717, 1.165) is 12.7 Å². The number of nitrogens with two attached hydrogens (primary N) is 2. The van der Waals surface area contributed by atoms with Gasteiger partial charge >= 0.3 is 130 Å². The number of aliphatic hydroxyl groups excluding tert-OH is 8. The van der Waals surface area contributed by atoms with E-state index in [9.17, 15) is 88.3 Å². The average molecular weight is 1300 g/mol. The van der Waals surface area contributed by atoms with Gasteiger partial charge in [-0.15, -0.1) is 0 Å². The fraction of sp³-hybridized carbons (Fsp3) is 0.647. The molecule has 4 aromatic rings. The molecule has 4 fully saturated rings. The molecule has 436 valence electrons. The quantitative estimate of drug-likeness (QED) is 0.0223. The molecule has 12 N–H and O–H groups in total. The van der Waals surface area contributed by atoms with Crippen molar-refractivity contribution in [2.45, 2.75) is 112 Å². The predicted molar refractivity (Wildman–Crippen MR) is 233 cm³/mol. The predicted octanol–water partition coefficient (Wildman–Crippen LogP) is -19.9. The first kappa shape index (κ1) is 66.1. The van der Waals surface area contributed by atoms with E-state index in [1.165, 1.54) is 21.8 Å². The number of carbonyl (C=O) groups is 2. The van der Waals surface area contributed by atoms with Gasteiger partial charge in [-0.25, -0.2) is 38.5 Å². The molecule has 4 saturated heterocycles. The summed E-state index contributed by atoms with van der Waals surface area (Å²) in [6.07, 6.45) is -23.5. The number of phosphoric ester groups is 4. The van der Waals surface area contributed by atoms with E-state index >= 15 is 0 Å². The first-order chi connectivity index (χ1) is 38.8. The summed E-state index contributed by atoms with van der Waals surface area (Å²) in [5, 5.41) is 80.8. The second kappa shape index (κ2) is 31.4. The van der Waals surface area contributed by atoms with Crippen LogP contribution in [0.25, 0.3) is 22.3 Å². The van der Waals surface area contributed by atoms with Crippen LogP contribution in [0.15, 0.2) is 25.3 Å². The van der Waals surface area contributed by atoms with Crippen LogP contribution in [-0.2, 0) is 83.0 Å². The third-order valence-electron chi connectivity index (χ3n) is 11.1. The standard InChI is InChI=1S/2C17H25N5O15P2.4Na/c1-6(23)34-13-8(36-17(27)12(13)26)3-33-39(30,31)37-38(28,29)32-2-7-10(24)11(25)16(35-7)22-5-21-9-14(18)19-4-20-15(9)22;1-6(23)34-13-11(25)8(36-17(13)27)3-33-39(30,31)37-38(28,29)32-2-7-10(24)12(26)16(35-7)22-5-21-9-14(18)19-4-20-15(9)22;;;;/h2*4-5,7-8,10-13,16-17,24-27H,2-3H2,1H3,(H,28,29)(H,30,31)(H2,18,19,20);;;;/q;;4*+1/p-4/t2*7-,8-,10-,11-,12-,13-,16-,17?;;;;/m11..../s1/i2*1D3;;;;. The van der Waals surface area contributed by atoms with Crippen LogP contribution in [0.4, 0.5) is 11.6 Å². The molecular formula is C34H46N10Na4O30P4. The number of ether oxygens (including phenoxy) is 6. The number of carbonyl (C=O) groups excluding carboxylic acids is 2. The van der Waals surface area contributed by atoms with Gasteiger partial charge in [0.15, 0.2) is 60.2 Å². The average Bonchev–Trinajstić information content (AvgIpc) is 2.00. The van der Waals surface area contributed by atoms with E-state index in [0.29, 0.717) is 0 Å². The number of anilines is 2. The summed E-state index contributed by atoms with van der Waals surface area (Å²) in [7, 11) is -23.1. The molecule has 0 spiro atoms. The number of hydrogen-bond acceptors (Lipinski definition) is 38. The molecule has 0 aromatic carbocycles. The molecule has 0 saturated carbocycles. The molecule has 0 aliphatic carbocycles. The summed E-state index contributed by atoms with van der Waals surface area (Å²) in [5.74, 6) is -3.57. The van der Waals surface area contributed by atoms with Crippen LogP contribution in [-0.4, -0.2) is 204 Å². The molecule has 8 heterocycles. The number of nitrogens with zero attached hydrogens (tertiary/aromatic N) is 8. The molecule has 82 heavy (non-hydrogen) atoms. The van der Waals surface area contributed by atoms with E-state index in [1.54, 1.807) is 0 Å². The number of fused-ring (bicyclic) bond motifs is 2. The Balaban J connectivity index is 0.000000440. The van der Waals surface area contributed by atoms with Gasteiger partial charge in [-0.1, -0.05) is 0 Å². The molecule has 0 bridgehead atoms. The molecule has 0 amide bonds. The zero-order valence-corrected chi connectivity index (χ0v) is 54.0. The minimum Gasteiger partial charge on any atom is -0.756 e. The first-order valence-electron chi connectivity index (χ1n) is 24.4. The smallest absolute Gasteiger partial charge is 0.756 e. The molecule has 4 aliphatic rings. The van der Waals surface area contributed by atoms with E-state index in [1.807, 2.05) is 0 Å². The fourth-order valence-electron chi connectivity index (χ4n) is 7.53. The molecule has 4 aliphatic heterocycles. The van der Waals surface area contributed by atoms with Crippen molar-refractivity contribution in [3.05, 3.63) is 25.3 Å². The maximum atomic E-state index is 12.2. The summed E-state index contributed by atoms with van der Waals surface area (Å²) in [6, 6.07) is 0. The summed E-state index contributed by atoms with van der Waals surface area (Å²) >= 11 is 0. The van der Waals surface area contributed by atoms with Crippen molar-refractivity contribution >= 4 is 77.2 Å². The summed E-state index contributed by atoms with van der Waals surface area (Å²) in [5.41, 5.74) is 12.0. The Hall–Kier alpha value is -0.320. The summed E-state index contributed by atoms with van der Waals surface area (Å²) in [6.45, 7) is -11.0. The molecule has 0 radical (unpaired) electrons. The number of esters is 2. The molecule has 8 rings (SSSR count). The van der Waals surface area contributed by atoms with Crippen molar-refractivity contribution in [2.75, 3.05) is 37.9 Å². The molecule has 6 unspecified atom stereocenters. The molecule has 48 heteroatoms. The van der Waals surface area contributed by atoms with Gasteiger partial charge in [-0.3, -0.25) is 37.0 Å². The third kappa shape index (κ3) is 18.9. The van der Waals surface area contributed by atoms with E-state index < -0.39 is 182 Å². The van der Waals surface area contributed by atoms with Gasteiger partial charge in [-0.2, -0.15) is 0 Å². The molecule has 4 aromatic heterocycles. The van der Waals surface area contributed by atoms with Crippen molar-refractivity contribution in [1.29, 1.82) is 0 Å². The van der Waals surface area contributed by atoms with Crippen LogP contribution in [0.2, 0.25) is 0 Å². The number of aromatic nitrogens is 8. The van der Waals surface area contributed by atoms with Gasteiger partial charge in [-0.05, 0) is 0 Å². The van der Waals surface area contributed by atoms with Gasteiger partial charge in [0.25, 0.3) is 31.3 Å². The van der Waals surface area contributed by atoms with Crippen molar-refractivity contribution in [2.24, 2.45) is 0 Å². The maximum absolute atomic E-state index is 12.2. The van der Waals surface area contributed by atoms with E-state index in [4.69, 9.17) is 38.6 Å². The summed E-state index contributed by atoms with van der Waals surface area (Å²) in [4.78, 5) is 95.1. The van der Waals surface area contributed by atoms with Gasteiger partial charge in [0.2, 0.25) is 0 Å². The van der Waals surface area contributed by atoms with Crippen LogP contribution in [0.3, 0.4) is 0 Å². The second-order valence-corrected chi connectivity index (χ2v) is 22.2. The zero-order valence-electron chi connectivity index (χ0n) is 48.5. The minimum absolute atomic E-state index is 0.